The van der Waals surface area contributed by atoms with E-state index in [4.69, 9.17) is 0 Å². The lowest BCUT2D eigenvalue weighted by Gasteiger charge is -2.20. The first-order valence-electron chi connectivity index (χ1n) is 8.72. The summed E-state index contributed by atoms with van der Waals surface area (Å²) in [6.07, 6.45) is 0. The zero-order valence-corrected chi connectivity index (χ0v) is 17.5. The van der Waals surface area contributed by atoms with Crippen LogP contribution < -0.4 is 10.6 Å². The van der Waals surface area contributed by atoms with Crippen LogP contribution >= 0.6 is 0 Å². The lowest BCUT2D eigenvalue weighted by molar-refractivity contribution is -0.116. The molecule has 2 aromatic rings. The molecule has 28 heavy (non-hydrogen) atoms. The number of rotatable bonds is 6. The number of aryl methyl sites for hydroxylation is 3. The second kappa shape index (κ2) is 8.53. The Labute approximate surface area is 165 Å². The Hall–Kier alpha value is -2.71. The van der Waals surface area contributed by atoms with Crippen molar-refractivity contribution in [2.45, 2.75) is 32.6 Å². The van der Waals surface area contributed by atoms with Crippen LogP contribution in [0.15, 0.2) is 41.3 Å². The third-order valence-corrected chi connectivity index (χ3v) is 6.24. The number of amides is 2. The first-order valence-corrected chi connectivity index (χ1v) is 10.2. The van der Waals surface area contributed by atoms with Crippen LogP contribution in [0.4, 0.5) is 11.4 Å². The van der Waals surface area contributed by atoms with Gasteiger partial charge in [0, 0.05) is 25.3 Å². The summed E-state index contributed by atoms with van der Waals surface area (Å²) in [4.78, 5) is 23.6. The highest BCUT2D eigenvalue weighted by Crippen LogP contribution is 2.24. The lowest BCUT2D eigenvalue weighted by atomic mass is 10.1. The maximum absolute atomic E-state index is 12.9. The predicted molar refractivity (Wildman–Crippen MR) is 110 cm³/mol. The van der Waals surface area contributed by atoms with E-state index in [-0.39, 0.29) is 17.3 Å². The first kappa shape index (κ1) is 21.6. The van der Waals surface area contributed by atoms with Crippen molar-refractivity contribution < 1.29 is 18.0 Å². The summed E-state index contributed by atoms with van der Waals surface area (Å²) in [5.41, 5.74) is 3.40. The van der Waals surface area contributed by atoms with Crippen molar-refractivity contribution in [1.82, 2.24) is 4.31 Å². The zero-order chi connectivity index (χ0) is 21.1. The van der Waals surface area contributed by atoms with Crippen LogP contribution in [0.1, 0.15) is 23.6 Å². The smallest absolute Gasteiger partial charge is 0.243 e. The molecule has 0 bridgehead atoms. The summed E-state index contributed by atoms with van der Waals surface area (Å²) >= 11 is 0. The van der Waals surface area contributed by atoms with Crippen LogP contribution in [0.2, 0.25) is 0 Å². The predicted octanol–water partition coefficient (Wildman–Crippen LogP) is 2.83. The second-order valence-electron chi connectivity index (χ2n) is 6.80. The SMILES string of the molecule is CC(=O)Nc1ccc(NC(=O)CN(C)S(=O)(=O)c2c(C)cc(C)cc2C)cc1. The van der Waals surface area contributed by atoms with E-state index in [1.807, 2.05) is 19.1 Å². The van der Waals surface area contributed by atoms with Crippen molar-refractivity contribution in [1.29, 1.82) is 0 Å². The number of carbonyl (C=O) groups is 2. The van der Waals surface area contributed by atoms with Gasteiger partial charge in [0.05, 0.1) is 11.4 Å². The van der Waals surface area contributed by atoms with Gasteiger partial charge in [-0.15, -0.1) is 0 Å². The molecule has 2 amide bonds. The molecule has 150 valence electrons. The van der Waals surface area contributed by atoms with Gasteiger partial charge < -0.3 is 10.6 Å². The number of nitrogens with one attached hydrogen (secondary N) is 2. The molecule has 0 aliphatic carbocycles. The van der Waals surface area contributed by atoms with E-state index in [0.29, 0.717) is 22.5 Å². The van der Waals surface area contributed by atoms with E-state index < -0.39 is 15.9 Å². The quantitative estimate of drug-likeness (QED) is 0.775. The molecule has 0 atom stereocenters. The standard InChI is InChI=1S/C20H25N3O4S/c1-13-10-14(2)20(15(3)11-13)28(26,27)23(5)12-19(25)22-18-8-6-17(7-9-18)21-16(4)24/h6-11H,12H2,1-5H3,(H,21,24)(H,22,25). The number of benzene rings is 2. The van der Waals surface area contributed by atoms with E-state index in [0.717, 1.165) is 9.87 Å². The summed E-state index contributed by atoms with van der Waals surface area (Å²) in [5, 5.41) is 5.29. The molecule has 0 heterocycles. The maximum Gasteiger partial charge on any atom is 0.243 e. The highest BCUT2D eigenvalue weighted by atomic mass is 32.2. The van der Waals surface area contributed by atoms with Gasteiger partial charge in [0.1, 0.15) is 0 Å². The molecule has 0 aliphatic heterocycles. The van der Waals surface area contributed by atoms with Crippen LogP contribution in [-0.2, 0) is 19.6 Å². The minimum atomic E-state index is -3.80. The number of sulfonamides is 1. The number of anilines is 2. The Morgan fingerprint density at radius 1 is 0.929 bits per heavy atom. The largest absolute Gasteiger partial charge is 0.326 e. The molecule has 0 saturated carbocycles. The molecule has 0 spiro atoms. The highest BCUT2D eigenvalue weighted by molar-refractivity contribution is 7.89. The molecule has 0 radical (unpaired) electrons. The fraction of sp³-hybridized carbons (Fsp3) is 0.300. The van der Waals surface area contributed by atoms with E-state index in [2.05, 4.69) is 10.6 Å². The normalized spacial score (nSPS) is 11.4. The zero-order valence-electron chi connectivity index (χ0n) is 16.7. The van der Waals surface area contributed by atoms with Crippen LogP contribution in [0.5, 0.6) is 0 Å². The summed E-state index contributed by atoms with van der Waals surface area (Å²) in [7, 11) is -2.42. The summed E-state index contributed by atoms with van der Waals surface area (Å²) < 4.78 is 26.9. The minimum absolute atomic E-state index is 0.190. The Balaban J connectivity index is 2.10. The molecule has 8 heteroatoms. The van der Waals surface area contributed by atoms with Crippen molar-refractivity contribution >= 4 is 33.2 Å². The maximum atomic E-state index is 12.9. The molecule has 0 aliphatic rings. The minimum Gasteiger partial charge on any atom is -0.326 e. The van der Waals surface area contributed by atoms with Gasteiger partial charge in [0.15, 0.2) is 0 Å². The van der Waals surface area contributed by atoms with E-state index >= 15 is 0 Å². The Bertz CT molecular complexity index is 976. The number of hydrogen-bond donors (Lipinski definition) is 2. The molecule has 2 N–H and O–H groups in total. The summed E-state index contributed by atoms with van der Waals surface area (Å²) in [6, 6.07) is 10.2. The number of hydrogen-bond acceptors (Lipinski definition) is 4. The molecular weight excluding hydrogens is 378 g/mol. The number of likely N-dealkylation sites (N-methyl/N-ethyl adjacent to an activating group) is 1. The third kappa shape index (κ3) is 5.17. The number of nitrogens with zero attached hydrogens (tertiary/aromatic N) is 1. The van der Waals surface area contributed by atoms with Gasteiger partial charge in [-0.1, -0.05) is 17.7 Å². The molecule has 2 rings (SSSR count). The van der Waals surface area contributed by atoms with Gasteiger partial charge >= 0.3 is 0 Å². The van der Waals surface area contributed by atoms with Gasteiger partial charge in [-0.2, -0.15) is 4.31 Å². The molecule has 7 nitrogen and oxygen atoms in total. The van der Waals surface area contributed by atoms with Crippen molar-refractivity contribution in [3.05, 3.63) is 53.1 Å². The molecule has 0 aromatic heterocycles. The fourth-order valence-electron chi connectivity index (χ4n) is 3.06. The van der Waals surface area contributed by atoms with Gasteiger partial charge in [-0.25, -0.2) is 8.42 Å². The van der Waals surface area contributed by atoms with Crippen LogP contribution in [0.25, 0.3) is 0 Å². The van der Waals surface area contributed by atoms with Gasteiger partial charge in [-0.05, 0) is 56.2 Å². The van der Waals surface area contributed by atoms with Gasteiger partial charge in [-0.3, -0.25) is 9.59 Å². The highest BCUT2D eigenvalue weighted by Gasteiger charge is 2.26. The van der Waals surface area contributed by atoms with E-state index in [9.17, 15) is 18.0 Å². The molecule has 0 unspecified atom stereocenters. The van der Waals surface area contributed by atoms with Gasteiger partial charge in [0.25, 0.3) is 0 Å². The molecule has 0 fully saturated rings. The van der Waals surface area contributed by atoms with Crippen molar-refractivity contribution in [2.24, 2.45) is 0 Å². The van der Waals surface area contributed by atoms with Crippen LogP contribution in [-0.4, -0.2) is 38.1 Å². The van der Waals surface area contributed by atoms with Crippen molar-refractivity contribution in [2.75, 3.05) is 24.2 Å². The lowest BCUT2D eigenvalue weighted by Crippen LogP contribution is -2.35. The third-order valence-electron chi connectivity index (χ3n) is 4.13. The van der Waals surface area contributed by atoms with Crippen molar-refractivity contribution in [3.8, 4) is 0 Å². The summed E-state index contributed by atoms with van der Waals surface area (Å²) in [6.45, 7) is 6.49. The van der Waals surface area contributed by atoms with E-state index in [1.54, 1.807) is 38.1 Å². The monoisotopic (exact) mass is 403 g/mol. The van der Waals surface area contributed by atoms with Crippen LogP contribution in [0.3, 0.4) is 0 Å². The average Bonchev–Trinajstić information content (AvgIpc) is 2.54. The van der Waals surface area contributed by atoms with Gasteiger partial charge in [0.2, 0.25) is 21.8 Å². The fourth-order valence-corrected chi connectivity index (χ4v) is 4.59. The summed E-state index contributed by atoms with van der Waals surface area (Å²) in [5.74, 6) is -0.647. The number of carbonyl (C=O) groups excluding carboxylic acids is 2. The van der Waals surface area contributed by atoms with Crippen molar-refractivity contribution in [3.63, 3.8) is 0 Å². The first-order chi connectivity index (χ1) is 13.0. The van der Waals surface area contributed by atoms with E-state index in [1.165, 1.54) is 14.0 Å². The molecule has 0 saturated heterocycles. The van der Waals surface area contributed by atoms with Crippen LogP contribution in [0, 0.1) is 20.8 Å². The average molecular weight is 404 g/mol. The topological polar surface area (TPSA) is 95.6 Å². The Morgan fingerprint density at radius 2 is 1.39 bits per heavy atom. The molecule has 2 aromatic carbocycles. The Morgan fingerprint density at radius 3 is 1.86 bits per heavy atom. The Kier molecular flexibility index (Phi) is 6.58. The molecular formula is C20H25N3O4S. The second-order valence-corrected chi connectivity index (χ2v) is 8.78.